The Balaban J connectivity index is 1.18. The molecular weight excluding hydrogens is 698 g/mol. The van der Waals surface area contributed by atoms with Crippen LogP contribution in [-0.4, -0.2) is 102 Å². The fourth-order valence-electron chi connectivity index (χ4n) is 6.55. The van der Waals surface area contributed by atoms with Crippen molar-refractivity contribution in [2.24, 2.45) is 0 Å². The van der Waals surface area contributed by atoms with Crippen molar-refractivity contribution in [2.75, 3.05) is 46.6 Å². The molecule has 3 aromatic rings. The number of carbonyl (C=O) groups is 3. The van der Waals surface area contributed by atoms with Crippen molar-refractivity contribution in [3.63, 3.8) is 0 Å². The molecule has 2 heterocycles. The van der Waals surface area contributed by atoms with Crippen molar-refractivity contribution in [3.05, 3.63) is 94.5 Å². The van der Waals surface area contributed by atoms with Crippen molar-refractivity contribution < 1.29 is 43.5 Å². The van der Waals surface area contributed by atoms with Crippen LogP contribution in [0.3, 0.4) is 0 Å². The highest BCUT2D eigenvalue weighted by Crippen LogP contribution is 2.45. The molecule has 0 spiro atoms. The van der Waals surface area contributed by atoms with Crippen LogP contribution in [0, 0.1) is 0 Å². The molecule has 2 atom stereocenters. The molecule has 0 radical (unpaired) electrons. The Morgan fingerprint density at radius 1 is 0.816 bits per heavy atom. The van der Waals surface area contributed by atoms with E-state index in [0.29, 0.717) is 36.0 Å². The molecule has 6 rings (SSSR count). The summed E-state index contributed by atoms with van der Waals surface area (Å²) in [5.41, 5.74) is -0.341. The number of halogens is 1. The number of rotatable bonds is 13. The highest BCUT2D eigenvalue weighted by molar-refractivity contribution is 9.10. The Morgan fingerprint density at radius 2 is 1.37 bits per heavy atom. The van der Waals surface area contributed by atoms with Gasteiger partial charge in [-0.15, -0.1) is 0 Å². The summed E-state index contributed by atoms with van der Waals surface area (Å²) in [5.74, 6) is 2.32. The fourth-order valence-corrected chi connectivity index (χ4v) is 6.81. The molecule has 2 unspecified atom stereocenters. The zero-order valence-corrected chi connectivity index (χ0v) is 28.6. The molecule has 2 aliphatic heterocycles. The second kappa shape index (κ2) is 14.7. The minimum absolute atomic E-state index is 0.0183. The Hall–Kier alpha value is -4.91. The summed E-state index contributed by atoms with van der Waals surface area (Å²) in [7, 11) is 1.59. The van der Waals surface area contributed by atoms with Gasteiger partial charge < -0.3 is 39.0 Å². The lowest BCUT2D eigenvalue weighted by Crippen LogP contribution is -2.69. The summed E-state index contributed by atoms with van der Waals surface area (Å²) >= 11 is 3.40. The van der Waals surface area contributed by atoms with E-state index in [2.05, 4.69) is 15.9 Å². The predicted molar refractivity (Wildman–Crippen MR) is 182 cm³/mol. The number of amides is 3. The number of carboxylic acid groups (broad SMARTS) is 2. The Bertz CT molecular complexity index is 1680. The van der Waals surface area contributed by atoms with E-state index in [9.17, 15) is 24.6 Å². The second-order valence-electron chi connectivity index (χ2n) is 12.2. The maximum absolute atomic E-state index is 14.1. The van der Waals surface area contributed by atoms with Gasteiger partial charge in [0, 0.05) is 22.6 Å². The third-order valence-corrected chi connectivity index (χ3v) is 9.62. The van der Waals surface area contributed by atoms with Crippen LogP contribution in [0.15, 0.2) is 88.9 Å². The maximum atomic E-state index is 14.1. The average Bonchev–Trinajstić information content (AvgIpc) is 3.94. The number of carbonyl (C=O) groups excluding carboxylic acids is 1. The van der Waals surface area contributed by atoms with E-state index in [4.69, 9.17) is 18.9 Å². The van der Waals surface area contributed by atoms with Crippen LogP contribution >= 0.6 is 15.9 Å². The number of ether oxygens (including phenoxy) is 4. The SMILES string of the molecule is COc1ccc(OCCN(C(=O)C2=CCC3(c4ccc(OCCOc5ccc(Br)cc5)cc4)CN(C(=O)O)CC2N3C(=O)O)C2CC2)cc1. The van der Waals surface area contributed by atoms with Crippen LogP contribution in [0.5, 0.6) is 23.0 Å². The molecule has 1 saturated carbocycles. The molecule has 0 aromatic heterocycles. The van der Waals surface area contributed by atoms with Crippen LogP contribution in [-0.2, 0) is 10.3 Å². The minimum atomic E-state index is -1.23. The largest absolute Gasteiger partial charge is 0.497 e. The number of hydrogen-bond donors (Lipinski definition) is 2. The topological polar surface area (TPSA) is 138 Å². The van der Waals surface area contributed by atoms with E-state index in [1.165, 1.54) is 9.80 Å². The van der Waals surface area contributed by atoms with Crippen LogP contribution in [0.25, 0.3) is 0 Å². The van der Waals surface area contributed by atoms with Gasteiger partial charge >= 0.3 is 12.2 Å². The Morgan fingerprint density at radius 3 is 1.92 bits per heavy atom. The third-order valence-electron chi connectivity index (χ3n) is 9.10. The quantitative estimate of drug-likeness (QED) is 0.207. The lowest BCUT2D eigenvalue weighted by Gasteiger charge is -2.55. The highest BCUT2D eigenvalue weighted by Gasteiger charge is 2.55. The average molecular weight is 737 g/mol. The molecule has 49 heavy (non-hydrogen) atoms. The fraction of sp³-hybridized carbons (Fsp3) is 0.361. The van der Waals surface area contributed by atoms with E-state index in [1.54, 1.807) is 66.6 Å². The van der Waals surface area contributed by atoms with Crippen molar-refractivity contribution in [1.29, 1.82) is 0 Å². The minimum Gasteiger partial charge on any atom is -0.497 e. The van der Waals surface area contributed by atoms with Crippen molar-refractivity contribution in [3.8, 4) is 23.0 Å². The molecule has 1 aliphatic carbocycles. The number of methoxy groups -OCH3 is 1. The zero-order chi connectivity index (χ0) is 34.5. The molecule has 12 nitrogen and oxygen atoms in total. The van der Waals surface area contributed by atoms with Gasteiger partial charge in [-0.1, -0.05) is 34.1 Å². The highest BCUT2D eigenvalue weighted by atomic mass is 79.9. The van der Waals surface area contributed by atoms with Crippen LogP contribution in [0.4, 0.5) is 9.59 Å². The maximum Gasteiger partial charge on any atom is 0.408 e. The third kappa shape index (κ3) is 7.56. The van der Waals surface area contributed by atoms with Gasteiger partial charge in [0.2, 0.25) is 0 Å². The number of hydrogen-bond acceptors (Lipinski definition) is 7. The first-order chi connectivity index (χ1) is 23.7. The van der Waals surface area contributed by atoms with Crippen molar-refractivity contribution in [2.45, 2.75) is 36.9 Å². The number of piperazine rings is 1. The van der Waals surface area contributed by atoms with Gasteiger partial charge in [0.15, 0.2) is 0 Å². The van der Waals surface area contributed by atoms with Gasteiger partial charge in [-0.2, -0.15) is 0 Å². The van der Waals surface area contributed by atoms with E-state index >= 15 is 0 Å². The van der Waals surface area contributed by atoms with Gasteiger partial charge in [0.05, 0.1) is 31.8 Å². The van der Waals surface area contributed by atoms with E-state index in [-0.39, 0.29) is 50.2 Å². The van der Waals surface area contributed by atoms with Gasteiger partial charge in [-0.05, 0) is 85.5 Å². The number of benzene rings is 3. The van der Waals surface area contributed by atoms with E-state index < -0.39 is 23.8 Å². The Kier molecular flexibility index (Phi) is 10.2. The summed E-state index contributed by atoms with van der Waals surface area (Å²) in [5, 5.41) is 20.7. The van der Waals surface area contributed by atoms with Crippen LogP contribution in [0.2, 0.25) is 0 Å². The van der Waals surface area contributed by atoms with Gasteiger partial charge in [-0.25, -0.2) is 9.59 Å². The second-order valence-corrected chi connectivity index (χ2v) is 13.1. The lowest BCUT2D eigenvalue weighted by molar-refractivity contribution is -0.130. The monoisotopic (exact) mass is 735 g/mol. The predicted octanol–water partition coefficient (Wildman–Crippen LogP) is 5.85. The summed E-state index contributed by atoms with van der Waals surface area (Å²) in [6, 6.07) is 20.7. The molecule has 3 amide bonds. The lowest BCUT2D eigenvalue weighted by atomic mass is 9.75. The van der Waals surface area contributed by atoms with E-state index in [1.807, 2.05) is 24.3 Å². The first-order valence-electron chi connectivity index (χ1n) is 16.1. The Labute approximate surface area is 292 Å². The number of nitrogens with zero attached hydrogens (tertiary/aromatic N) is 3. The van der Waals surface area contributed by atoms with Crippen molar-refractivity contribution >= 4 is 34.0 Å². The first kappa shape index (κ1) is 34.0. The molecule has 2 bridgehead atoms. The van der Waals surface area contributed by atoms with Crippen LogP contribution in [0.1, 0.15) is 24.8 Å². The van der Waals surface area contributed by atoms with Crippen LogP contribution < -0.4 is 18.9 Å². The molecule has 13 heteroatoms. The van der Waals surface area contributed by atoms with E-state index in [0.717, 1.165) is 23.1 Å². The summed E-state index contributed by atoms with van der Waals surface area (Å²) < 4.78 is 23.6. The standard InChI is InChI=1S/C36H38BrN3O9/c1-46-27-12-14-30(15-13-27)47-19-18-39(26-6-7-26)33(41)31-16-17-36(23-38(34(42)43)22-32(31)40(36)35(44)45)24-2-8-28(9-3-24)48-20-21-49-29-10-4-25(37)5-11-29/h2-5,8-16,26,32H,6-7,17-23H2,1H3,(H,42,43)(H,44,45). The molecule has 2 fully saturated rings. The molecule has 3 aliphatic rings. The molecular formula is C36H38BrN3O9. The zero-order valence-electron chi connectivity index (χ0n) is 27.0. The molecule has 258 valence electrons. The van der Waals surface area contributed by atoms with Gasteiger partial charge in [0.1, 0.15) is 42.8 Å². The summed E-state index contributed by atoms with van der Waals surface area (Å²) in [6.45, 7) is 0.922. The first-order valence-corrected chi connectivity index (χ1v) is 16.9. The van der Waals surface area contributed by atoms with Gasteiger partial charge in [0.25, 0.3) is 5.91 Å². The van der Waals surface area contributed by atoms with Crippen molar-refractivity contribution in [1.82, 2.24) is 14.7 Å². The normalized spacial score (nSPS) is 19.8. The summed E-state index contributed by atoms with van der Waals surface area (Å²) in [6.07, 6.45) is 1.21. The smallest absolute Gasteiger partial charge is 0.408 e. The molecule has 1 saturated heterocycles. The summed E-state index contributed by atoms with van der Waals surface area (Å²) in [4.78, 5) is 43.7. The van der Waals surface area contributed by atoms with Gasteiger partial charge in [-0.3, -0.25) is 9.69 Å². The molecule has 2 N–H and O–H groups in total. The molecule has 3 aromatic carbocycles. The number of fused-ring (bicyclic) bond motifs is 2.